The molecule has 3 N–H and O–H groups in total. The summed E-state index contributed by atoms with van der Waals surface area (Å²) in [4.78, 5) is 22.2. The van der Waals surface area contributed by atoms with E-state index in [-0.39, 0.29) is 16.4 Å². The van der Waals surface area contributed by atoms with Crippen molar-refractivity contribution in [3.05, 3.63) is 69.8 Å². The molecule has 0 aliphatic rings. The molecule has 2 rings (SSSR count). The molecule has 25 heavy (non-hydrogen) atoms. The minimum Gasteiger partial charge on any atom is -0.331 e. The largest absolute Gasteiger partial charge is 0.331 e. The van der Waals surface area contributed by atoms with Gasteiger partial charge in [0.2, 0.25) is 0 Å². The maximum Gasteiger partial charge on any atom is 0.270 e. The van der Waals surface area contributed by atoms with E-state index in [4.69, 9.17) is 12.2 Å². The van der Waals surface area contributed by atoms with Gasteiger partial charge in [0.1, 0.15) is 0 Å². The van der Waals surface area contributed by atoms with E-state index in [0.717, 1.165) is 18.5 Å². The first kappa shape index (κ1) is 18.3. The van der Waals surface area contributed by atoms with Gasteiger partial charge in [0.05, 0.1) is 4.92 Å². The molecule has 0 aliphatic carbocycles. The summed E-state index contributed by atoms with van der Waals surface area (Å²) in [7, 11) is 0. The van der Waals surface area contributed by atoms with Crippen LogP contribution in [0, 0.1) is 10.1 Å². The second-order valence-corrected chi connectivity index (χ2v) is 5.70. The predicted octanol–water partition coefficient (Wildman–Crippen LogP) is 3.18. The van der Waals surface area contributed by atoms with Crippen LogP contribution in [0.4, 0.5) is 11.4 Å². The Morgan fingerprint density at radius 2 is 1.88 bits per heavy atom. The SMILES string of the molecule is CCCc1ccc(NC(=S)NNC(=O)c2cccc([N+](=O)[O-])c2)cc1. The van der Waals surface area contributed by atoms with Crippen LogP contribution in [0.3, 0.4) is 0 Å². The Balaban J connectivity index is 1.87. The van der Waals surface area contributed by atoms with Gasteiger partial charge in [-0.3, -0.25) is 25.8 Å². The number of thiocarbonyl (C=S) groups is 1. The van der Waals surface area contributed by atoms with Gasteiger partial charge < -0.3 is 5.32 Å². The van der Waals surface area contributed by atoms with Crippen LogP contribution < -0.4 is 16.2 Å². The fraction of sp³-hybridized carbons (Fsp3) is 0.176. The lowest BCUT2D eigenvalue weighted by molar-refractivity contribution is -0.384. The smallest absolute Gasteiger partial charge is 0.270 e. The van der Waals surface area contributed by atoms with Gasteiger partial charge in [0.15, 0.2) is 5.11 Å². The Morgan fingerprint density at radius 1 is 1.16 bits per heavy atom. The first-order valence-electron chi connectivity index (χ1n) is 7.70. The number of anilines is 1. The second-order valence-electron chi connectivity index (χ2n) is 5.29. The number of amides is 1. The quantitative estimate of drug-likeness (QED) is 0.432. The Morgan fingerprint density at radius 3 is 2.52 bits per heavy atom. The Kier molecular flexibility index (Phi) is 6.41. The molecule has 0 saturated carbocycles. The van der Waals surface area contributed by atoms with Crippen LogP contribution in [0.1, 0.15) is 29.3 Å². The lowest BCUT2D eigenvalue weighted by atomic mass is 10.1. The molecule has 1 amide bonds. The van der Waals surface area contributed by atoms with E-state index in [1.807, 2.05) is 24.3 Å². The number of hydrogen-bond acceptors (Lipinski definition) is 4. The fourth-order valence-corrected chi connectivity index (χ4v) is 2.32. The van der Waals surface area contributed by atoms with Gasteiger partial charge >= 0.3 is 0 Å². The molecule has 8 heteroatoms. The van der Waals surface area contributed by atoms with Gasteiger partial charge in [-0.15, -0.1) is 0 Å². The maximum absolute atomic E-state index is 12.0. The van der Waals surface area contributed by atoms with Crippen LogP contribution in [0.15, 0.2) is 48.5 Å². The summed E-state index contributed by atoms with van der Waals surface area (Å²) in [5, 5.41) is 13.9. The number of hydrazine groups is 1. The lowest BCUT2D eigenvalue weighted by Gasteiger charge is -2.12. The molecule has 7 nitrogen and oxygen atoms in total. The van der Waals surface area contributed by atoms with Crippen LogP contribution in [-0.4, -0.2) is 15.9 Å². The van der Waals surface area contributed by atoms with Gasteiger partial charge in [0.25, 0.3) is 11.6 Å². The molecule has 0 bridgehead atoms. The number of carbonyl (C=O) groups excluding carboxylic acids is 1. The van der Waals surface area contributed by atoms with Gasteiger partial charge in [-0.05, 0) is 42.4 Å². The van der Waals surface area contributed by atoms with E-state index >= 15 is 0 Å². The summed E-state index contributed by atoms with van der Waals surface area (Å²) in [6.07, 6.45) is 2.10. The van der Waals surface area contributed by atoms with Crippen molar-refractivity contribution < 1.29 is 9.72 Å². The molecule has 0 unspecified atom stereocenters. The van der Waals surface area contributed by atoms with Crippen molar-refractivity contribution in [2.45, 2.75) is 19.8 Å². The van der Waals surface area contributed by atoms with E-state index < -0.39 is 10.8 Å². The molecular weight excluding hydrogens is 340 g/mol. The Bertz CT molecular complexity index is 778. The van der Waals surface area contributed by atoms with Crippen molar-refractivity contribution in [1.82, 2.24) is 10.9 Å². The third-order valence-corrected chi connectivity index (χ3v) is 3.56. The Labute approximate surface area is 150 Å². The van der Waals surface area contributed by atoms with Crippen molar-refractivity contribution in [3.8, 4) is 0 Å². The molecule has 2 aromatic carbocycles. The first-order chi connectivity index (χ1) is 12.0. The highest BCUT2D eigenvalue weighted by Gasteiger charge is 2.11. The molecule has 0 heterocycles. The average Bonchev–Trinajstić information content (AvgIpc) is 2.61. The first-order valence-corrected chi connectivity index (χ1v) is 8.11. The fourth-order valence-electron chi connectivity index (χ4n) is 2.15. The predicted molar refractivity (Wildman–Crippen MR) is 100 cm³/mol. The van der Waals surface area contributed by atoms with Gasteiger partial charge in [-0.2, -0.15) is 0 Å². The van der Waals surface area contributed by atoms with E-state index in [9.17, 15) is 14.9 Å². The van der Waals surface area contributed by atoms with E-state index in [0.29, 0.717) is 0 Å². The topological polar surface area (TPSA) is 96.3 Å². The zero-order valence-electron chi connectivity index (χ0n) is 13.6. The average molecular weight is 358 g/mol. The number of non-ortho nitro benzene ring substituents is 1. The van der Waals surface area contributed by atoms with Crippen molar-refractivity contribution in [2.75, 3.05) is 5.32 Å². The lowest BCUT2D eigenvalue weighted by Crippen LogP contribution is -2.43. The minimum absolute atomic E-state index is 0.152. The highest BCUT2D eigenvalue weighted by Crippen LogP contribution is 2.13. The minimum atomic E-state index is -0.557. The van der Waals surface area contributed by atoms with Crippen molar-refractivity contribution >= 4 is 34.6 Å². The van der Waals surface area contributed by atoms with E-state index in [1.54, 1.807) is 0 Å². The number of aryl methyl sites for hydroxylation is 1. The third-order valence-electron chi connectivity index (χ3n) is 3.36. The summed E-state index contributed by atoms with van der Waals surface area (Å²) >= 11 is 5.11. The molecule has 0 aromatic heterocycles. The number of benzene rings is 2. The molecule has 0 atom stereocenters. The van der Waals surface area contributed by atoms with E-state index in [2.05, 4.69) is 23.1 Å². The van der Waals surface area contributed by atoms with Crippen molar-refractivity contribution in [3.63, 3.8) is 0 Å². The zero-order chi connectivity index (χ0) is 18.2. The van der Waals surface area contributed by atoms with Crippen molar-refractivity contribution in [2.24, 2.45) is 0 Å². The standard InChI is InChI=1S/C17H18N4O3S/c1-2-4-12-7-9-14(10-8-12)18-17(25)20-19-16(22)13-5-3-6-15(11-13)21(23)24/h3,5-11H,2,4H2,1H3,(H,19,22)(H2,18,20,25). The molecule has 0 radical (unpaired) electrons. The molecule has 2 aromatic rings. The molecule has 130 valence electrons. The summed E-state index contributed by atoms with van der Waals surface area (Å²) in [6.45, 7) is 2.12. The second kappa shape index (κ2) is 8.74. The summed E-state index contributed by atoms with van der Waals surface area (Å²) < 4.78 is 0. The molecule has 0 spiro atoms. The zero-order valence-corrected chi connectivity index (χ0v) is 14.4. The normalized spacial score (nSPS) is 9.96. The number of nitro benzene ring substituents is 1. The van der Waals surface area contributed by atoms with Gasteiger partial charge in [0, 0.05) is 23.4 Å². The number of hydrogen-bond donors (Lipinski definition) is 3. The third kappa shape index (κ3) is 5.54. The van der Waals surface area contributed by atoms with E-state index in [1.165, 1.54) is 29.8 Å². The number of rotatable bonds is 5. The van der Waals surface area contributed by atoms with Gasteiger partial charge in [-0.25, -0.2) is 0 Å². The summed E-state index contributed by atoms with van der Waals surface area (Å²) in [6, 6.07) is 13.3. The van der Waals surface area contributed by atoms with Crippen LogP contribution in [0.5, 0.6) is 0 Å². The molecular formula is C17H18N4O3S. The maximum atomic E-state index is 12.0. The van der Waals surface area contributed by atoms with Crippen LogP contribution in [-0.2, 0) is 6.42 Å². The summed E-state index contributed by atoms with van der Waals surface area (Å²) in [5.41, 5.74) is 7.01. The van der Waals surface area contributed by atoms with Crippen LogP contribution in [0.25, 0.3) is 0 Å². The number of nitrogens with zero attached hydrogens (tertiary/aromatic N) is 1. The van der Waals surface area contributed by atoms with Crippen LogP contribution >= 0.6 is 12.2 Å². The van der Waals surface area contributed by atoms with Gasteiger partial charge in [-0.1, -0.05) is 31.5 Å². The monoisotopic (exact) mass is 358 g/mol. The number of nitrogens with one attached hydrogen (secondary N) is 3. The molecule has 0 aliphatic heterocycles. The van der Waals surface area contributed by atoms with Crippen LogP contribution in [0.2, 0.25) is 0 Å². The highest BCUT2D eigenvalue weighted by atomic mass is 32.1. The molecule has 0 saturated heterocycles. The molecule has 0 fully saturated rings. The number of carbonyl (C=O) groups is 1. The highest BCUT2D eigenvalue weighted by molar-refractivity contribution is 7.80. The number of nitro groups is 1. The summed E-state index contributed by atoms with van der Waals surface area (Å²) in [5.74, 6) is -0.522. The Hall–Kier alpha value is -3.00. The van der Waals surface area contributed by atoms with Crippen molar-refractivity contribution in [1.29, 1.82) is 0 Å².